The molecular formula is C23H26ClFN4O4. The number of nitrogens with one attached hydrogen (secondary N) is 1. The Balaban J connectivity index is 1.50. The molecule has 0 aliphatic carbocycles. The van der Waals surface area contributed by atoms with Crippen LogP contribution in [-0.4, -0.2) is 56.3 Å². The lowest BCUT2D eigenvalue weighted by Crippen LogP contribution is -2.48. The van der Waals surface area contributed by atoms with E-state index in [0.717, 1.165) is 10.3 Å². The Kier molecular flexibility index (Phi) is 6.99. The minimum absolute atomic E-state index is 0.151. The Bertz CT molecular complexity index is 1110. The minimum atomic E-state index is -0.587. The highest BCUT2D eigenvalue weighted by Crippen LogP contribution is 2.37. The van der Waals surface area contributed by atoms with E-state index in [0.29, 0.717) is 48.9 Å². The number of nitrogens with zero attached hydrogens (tertiary/aromatic N) is 3. The maximum atomic E-state index is 14.1. The van der Waals surface area contributed by atoms with Crippen molar-refractivity contribution in [2.45, 2.75) is 25.3 Å². The highest BCUT2D eigenvalue weighted by Gasteiger charge is 2.31. The third-order valence-corrected chi connectivity index (χ3v) is 6.62. The first-order valence-electron chi connectivity index (χ1n) is 10.9. The molecule has 176 valence electrons. The molecule has 1 unspecified atom stereocenters. The molecule has 33 heavy (non-hydrogen) atoms. The zero-order valence-corrected chi connectivity index (χ0v) is 19.1. The van der Waals surface area contributed by atoms with Crippen molar-refractivity contribution in [3.8, 4) is 0 Å². The lowest BCUT2D eigenvalue weighted by Gasteiger charge is -2.38. The number of aromatic nitrogens is 1. The number of benzene rings is 1. The molecule has 10 heteroatoms. The summed E-state index contributed by atoms with van der Waals surface area (Å²) in [7, 11) is 1.51. The molecule has 0 saturated carbocycles. The van der Waals surface area contributed by atoms with E-state index < -0.39 is 11.9 Å². The van der Waals surface area contributed by atoms with Crippen LogP contribution in [0, 0.1) is 5.95 Å². The topological polar surface area (TPSA) is 83.9 Å². The summed E-state index contributed by atoms with van der Waals surface area (Å²) in [5, 5.41) is 2.89. The number of carbonyl (C=O) groups excluding carboxylic acids is 2. The summed E-state index contributed by atoms with van der Waals surface area (Å²) in [6, 6.07) is 8.42. The first-order chi connectivity index (χ1) is 15.9. The monoisotopic (exact) mass is 476 g/mol. The molecule has 2 saturated heterocycles. The Morgan fingerprint density at radius 3 is 2.42 bits per heavy atom. The van der Waals surface area contributed by atoms with E-state index in [-0.39, 0.29) is 36.9 Å². The van der Waals surface area contributed by atoms with Crippen LogP contribution in [0.2, 0.25) is 5.02 Å². The Morgan fingerprint density at radius 1 is 1.06 bits per heavy atom. The predicted molar refractivity (Wildman–Crippen MR) is 124 cm³/mol. The molecular weight excluding hydrogens is 451 g/mol. The van der Waals surface area contributed by atoms with Gasteiger partial charge < -0.3 is 14.5 Å². The molecule has 1 atom stereocenters. The van der Waals surface area contributed by atoms with Gasteiger partial charge in [0.15, 0.2) is 5.95 Å². The Morgan fingerprint density at radius 2 is 1.76 bits per heavy atom. The van der Waals surface area contributed by atoms with E-state index in [1.807, 2.05) is 23.1 Å². The lowest BCUT2D eigenvalue weighted by atomic mass is 9.90. The van der Waals surface area contributed by atoms with Crippen LogP contribution in [-0.2, 0) is 20.9 Å². The zero-order chi connectivity index (χ0) is 23.5. The molecule has 0 radical (unpaired) electrons. The summed E-state index contributed by atoms with van der Waals surface area (Å²) >= 11 is 6.72. The number of methoxy groups -OCH3 is 1. The number of pyridine rings is 1. The van der Waals surface area contributed by atoms with Crippen molar-refractivity contribution in [3.05, 3.63) is 57.2 Å². The number of hydrogen-bond acceptors (Lipinski definition) is 6. The fourth-order valence-electron chi connectivity index (χ4n) is 4.40. The van der Waals surface area contributed by atoms with Crippen LogP contribution < -0.4 is 20.7 Å². The van der Waals surface area contributed by atoms with Crippen LogP contribution in [0.3, 0.4) is 0 Å². The first-order valence-corrected chi connectivity index (χ1v) is 11.3. The van der Waals surface area contributed by atoms with Gasteiger partial charge in [-0.1, -0.05) is 23.7 Å². The number of ether oxygens (including phenoxy) is 1. The first kappa shape index (κ1) is 23.3. The number of imide groups is 1. The van der Waals surface area contributed by atoms with E-state index in [9.17, 15) is 18.8 Å². The second-order valence-electron chi connectivity index (χ2n) is 8.15. The van der Waals surface area contributed by atoms with E-state index in [1.54, 1.807) is 0 Å². The van der Waals surface area contributed by atoms with Gasteiger partial charge in [0.05, 0.1) is 29.8 Å². The summed E-state index contributed by atoms with van der Waals surface area (Å²) in [6.07, 6.45) is 0.719. The van der Waals surface area contributed by atoms with Crippen LogP contribution in [0.1, 0.15) is 24.3 Å². The molecule has 0 spiro atoms. The van der Waals surface area contributed by atoms with Crippen molar-refractivity contribution in [2.75, 3.05) is 49.7 Å². The van der Waals surface area contributed by atoms with Gasteiger partial charge in [-0.05, 0) is 30.2 Å². The number of anilines is 2. The largest absolute Gasteiger partial charge is 0.383 e. The summed E-state index contributed by atoms with van der Waals surface area (Å²) in [4.78, 5) is 40.7. The van der Waals surface area contributed by atoms with E-state index in [4.69, 9.17) is 16.3 Å². The average Bonchev–Trinajstić information content (AvgIpc) is 2.80. The highest BCUT2D eigenvalue weighted by atomic mass is 35.5. The fraction of sp³-hybridized carbons (Fsp3) is 0.435. The molecule has 8 nitrogen and oxygen atoms in total. The van der Waals surface area contributed by atoms with Crippen molar-refractivity contribution in [2.24, 2.45) is 0 Å². The van der Waals surface area contributed by atoms with Gasteiger partial charge in [0.2, 0.25) is 11.8 Å². The summed E-state index contributed by atoms with van der Waals surface area (Å²) in [5.74, 6) is -1.63. The second kappa shape index (κ2) is 9.93. The van der Waals surface area contributed by atoms with Crippen LogP contribution >= 0.6 is 11.6 Å². The van der Waals surface area contributed by atoms with E-state index in [2.05, 4.69) is 10.2 Å². The fourth-order valence-corrected chi connectivity index (χ4v) is 4.78. The molecule has 1 aromatic heterocycles. The number of halogens is 2. The molecule has 2 aromatic rings. The van der Waals surface area contributed by atoms with Gasteiger partial charge in [0, 0.05) is 39.7 Å². The van der Waals surface area contributed by atoms with Gasteiger partial charge in [-0.2, -0.15) is 4.39 Å². The third-order valence-electron chi connectivity index (χ3n) is 6.20. The number of piperidine rings is 1. The predicted octanol–water partition coefficient (Wildman–Crippen LogP) is 2.13. The highest BCUT2D eigenvalue weighted by molar-refractivity contribution is 6.34. The van der Waals surface area contributed by atoms with Crippen LogP contribution in [0.25, 0.3) is 0 Å². The normalized spacial score (nSPS) is 19.1. The molecule has 4 rings (SSSR count). The van der Waals surface area contributed by atoms with E-state index in [1.165, 1.54) is 19.2 Å². The maximum Gasteiger partial charge on any atom is 0.276 e. The zero-order valence-electron chi connectivity index (χ0n) is 18.4. The van der Waals surface area contributed by atoms with E-state index >= 15 is 0 Å². The smallest absolute Gasteiger partial charge is 0.276 e. The van der Waals surface area contributed by atoms with Gasteiger partial charge in [-0.3, -0.25) is 24.3 Å². The number of rotatable bonds is 6. The second-order valence-corrected chi connectivity index (χ2v) is 8.53. The average molecular weight is 477 g/mol. The number of carbonyl (C=O) groups is 2. The summed E-state index contributed by atoms with van der Waals surface area (Å²) < 4.78 is 20.2. The molecule has 2 aliphatic rings. The molecule has 1 N–H and O–H groups in total. The quantitative estimate of drug-likeness (QED) is 0.508. The minimum Gasteiger partial charge on any atom is -0.383 e. The SMILES string of the molecule is COCCn1c(F)ccc(N2CCN(c3cccc(C4CCC(=O)NC4=O)c3Cl)CC2)c1=O. The molecule has 3 heterocycles. The molecule has 2 aliphatic heterocycles. The Labute approximate surface area is 195 Å². The number of hydrogen-bond donors (Lipinski definition) is 1. The van der Waals surface area contributed by atoms with Gasteiger partial charge in [-0.25, -0.2) is 0 Å². The van der Waals surface area contributed by atoms with Crippen molar-refractivity contribution < 1.29 is 18.7 Å². The summed E-state index contributed by atoms with van der Waals surface area (Å²) in [6.45, 7) is 2.73. The lowest BCUT2D eigenvalue weighted by molar-refractivity contribution is -0.134. The number of amides is 2. The van der Waals surface area contributed by atoms with Crippen LogP contribution in [0.5, 0.6) is 0 Å². The standard InChI is InChI=1S/C23H26ClFN4O4/c1-33-14-13-29-19(25)7-6-18(23(29)32)28-11-9-27(10-12-28)17-4-2-3-15(21(17)24)16-5-8-20(30)26-22(16)31/h2-4,6-7,16H,5,8-14H2,1H3,(H,26,30,31). The maximum absolute atomic E-state index is 14.1. The number of piperazine rings is 1. The molecule has 1 aromatic carbocycles. The van der Waals surface area contributed by atoms with Crippen LogP contribution in [0.15, 0.2) is 35.1 Å². The molecule has 2 amide bonds. The molecule has 0 bridgehead atoms. The van der Waals surface area contributed by atoms with Crippen molar-refractivity contribution in [1.82, 2.24) is 9.88 Å². The summed E-state index contributed by atoms with van der Waals surface area (Å²) in [5.41, 5.74) is 1.60. The van der Waals surface area contributed by atoms with Crippen molar-refractivity contribution in [3.63, 3.8) is 0 Å². The van der Waals surface area contributed by atoms with Gasteiger partial charge in [-0.15, -0.1) is 0 Å². The van der Waals surface area contributed by atoms with Crippen molar-refractivity contribution in [1.29, 1.82) is 0 Å². The third kappa shape index (κ3) is 4.74. The van der Waals surface area contributed by atoms with Crippen LogP contribution in [0.4, 0.5) is 15.8 Å². The Hall–Kier alpha value is -2.91. The van der Waals surface area contributed by atoms with Crippen molar-refractivity contribution >= 4 is 34.8 Å². The van der Waals surface area contributed by atoms with Gasteiger partial charge in [0.1, 0.15) is 5.69 Å². The van der Waals surface area contributed by atoms with Gasteiger partial charge >= 0.3 is 0 Å². The molecule has 2 fully saturated rings. The van der Waals surface area contributed by atoms with Gasteiger partial charge in [0.25, 0.3) is 5.56 Å².